The van der Waals surface area contributed by atoms with E-state index in [1.54, 1.807) is 24.3 Å². The number of amides is 2. The van der Waals surface area contributed by atoms with Crippen LogP contribution in [-0.2, 0) is 6.54 Å². The summed E-state index contributed by atoms with van der Waals surface area (Å²) >= 11 is 0. The first-order chi connectivity index (χ1) is 15.1. The Hall–Kier alpha value is -3.44. The molecule has 0 aliphatic carbocycles. The lowest BCUT2D eigenvalue weighted by molar-refractivity contribution is 0.0629. The van der Waals surface area contributed by atoms with Crippen molar-refractivity contribution in [3.05, 3.63) is 101 Å². The number of nitrogens with one attached hydrogen (secondary N) is 1. The van der Waals surface area contributed by atoms with Crippen molar-refractivity contribution in [2.75, 3.05) is 31.5 Å². The van der Waals surface area contributed by atoms with Crippen LogP contribution in [0.3, 0.4) is 0 Å². The van der Waals surface area contributed by atoms with Crippen molar-refractivity contribution in [3.8, 4) is 0 Å². The number of carbonyl (C=O) groups is 2. The van der Waals surface area contributed by atoms with E-state index in [0.717, 1.165) is 25.2 Å². The van der Waals surface area contributed by atoms with Gasteiger partial charge in [-0.2, -0.15) is 0 Å². The van der Waals surface area contributed by atoms with Crippen LogP contribution in [0.1, 0.15) is 31.8 Å². The van der Waals surface area contributed by atoms with Gasteiger partial charge in [-0.1, -0.05) is 60.2 Å². The van der Waals surface area contributed by atoms with Gasteiger partial charge in [0.2, 0.25) is 0 Å². The third kappa shape index (κ3) is 5.19. The van der Waals surface area contributed by atoms with Crippen molar-refractivity contribution < 1.29 is 9.59 Å². The highest BCUT2D eigenvalue weighted by Crippen LogP contribution is 2.20. The maximum atomic E-state index is 13.2. The van der Waals surface area contributed by atoms with E-state index in [-0.39, 0.29) is 11.8 Å². The monoisotopic (exact) mass is 413 g/mol. The summed E-state index contributed by atoms with van der Waals surface area (Å²) in [5.41, 5.74) is 4.02. The molecular weight excluding hydrogens is 386 g/mol. The molecule has 5 nitrogen and oxygen atoms in total. The van der Waals surface area contributed by atoms with Crippen LogP contribution in [-0.4, -0.2) is 47.8 Å². The van der Waals surface area contributed by atoms with Crippen LogP contribution in [0.4, 0.5) is 5.69 Å². The highest BCUT2D eigenvalue weighted by atomic mass is 16.2. The molecule has 0 atom stereocenters. The zero-order valence-corrected chi connectivity index (χ0v) is 17.8. The second kappa shape index (κ2) is 9.58. The van der Waals surface area contributed by atoms with Crippen molar-refractivity contribution in [3.63, 3.8) is 0 Å². The highest BCUT2D eigenvalue weighted by molar-refractivity contribution is 6.09. The predicted molar refractivity (Wildman–Crippen MR) is 123 cm³/mol. The number of aryl methyl sites for hydroxylation is 1. The number of piperazine rings is 1. The van der Waals surface area contributed by atoms with Gasteiger partial charge in [0, 0.05) is 38.3 Å². The fourth-order valence-electron chi connectivity index (χ4n) is 3.80. The van der Waals surface area contributed by atoms with E-state index in [1.165, 1.54) is 5.56 Å². The number of anilines is 1. The normalized spacial score (nSPS) is 14.3. The van der Waals surface area contributed by atoms with Gasteiger partial charge >= 0.3 is 0 Å². The third-order valence-electron chi connectivity index (χ3n) is 5.63. The molecule has 5 heteroatoms. The SMILES string of the molecule is Cc1ccc(C(=O)Nc2ccccc2C(=O)N2CCN(Cc3ccccc3)CC2)cc1. The van der Waals surface area contributed by atoms with E-state index in [2.05, 4.69) is 34.5 Å². The van der Waals surface area contributed by atoms with Gasteiger partial charge in [0.1, 0.15) is 0 Å². The topological polar surface area (TPSA) is 52.7 Å². The van der Waals surface area contributed by atoms with Crippen molar-refractivity contribution in [1.29, 1.82) is 0 Å². The predicted octanol–water partition coefficient (Wildman–Crippen LogP) is 4.21. The summed E-state index contributed by atoms with van der Waals surface area (Å²) in [6.45, 7) is 5.89. The van der Waals surface area contributed by atoms with E-state index in [4.69, 9.17) is 0 Å². The fraction of sp³-hybridized carbons (Fsp3) is 0.231. The van der Waals surface area contributed by atoms with E-state index < -0.39 is 0 Å². The molecule has 0 saturated carbocycles. The lowest BCUT2D eigenvalue weighted by atomic mass is 10.1. The minimum atomic E-state index is -0.215. The number of carbonyl (C=O) groups excluding carboxylic acids is 2. The summed E-state index contributed by atoms with van der Waals surface area (Å²) in [6, 6.07) is 25.0. The summed E-state index contributed by atoms with van der Waals surface area (Å²) in [5.74, 6) is -0.257. The quantitative estimate of drug-likeness (QED) is 0.682. The number of hydrogen-bond donors (Lipinski definition) is 1. The van der Waals surface area contributed by atoms with E-state index in [9.17, 15) is 9.59 Å². The van der Waals surface area contributed by atoms with Crippen LogP contribution in [0.25, 0.3) is 0 Å². The van der Waals surface area contributed by atoms with Gasteiger partial charge in [-0.15, -0.1) is 0 Å². The molecule has 31 heavy (non-hydrogen) atoms. The summed E-state index contributed by atoms with van der Waals surface area (Å²) in [5, 5.41) is 2.91. The third-order valence-corrected chi connectivity index (χ3v) is 5.63. The largest absolute Gasteiger partial charge is 0.336 e. The van der Waals surface area contributed by atoms with Crippen LogP contribution in [0.5, 0.6) is 0 Å². The molecule has 158 valence electrons. The van der Waals surface area contributed by atoms with Gasteiger partial charge in [0.05, 0.1) is 11.3 Å². The molecule has 1 aliphatic heterocycles. The molecule has 0 radical (unpaired) electrons. The lowest BCUT2D eigenvalue weighted by Gasteiger charge is -2.35. The number of benzene rings is 3. The molecule has 1 heterocycles. The van der Waals surface area contributed by atoms with Crippen LogP contribution in [0, 0.1) is 6.92 Å². The minimum absolute atomic E-state index is 0.0424. The zero-order chi connectivity index (χ0) is 21.6. The molecule has 1 aliphatic rings. The Morgan fingerprint density at radius 2 is 1.45 bits per heavy atom. The first-order valence-corrected chi connectivity index (χ1v) is 10.6. The second-order valence-corrected chi connectivity index (χ2v) is 7.92. The minimum Gasteiger partial charge on any atom is -0.336 e. The maximum Gasteiger partial charge on any atom is 0.256 e. The standard InChI is InChI=1S/C26H27N3O2/c1-20-11-13-22(14-12-20)25(30)27-24-10-6-5-9-23(24)26(31)29-17-15-28(16-18-29)19-21-7-3-2-4-8-21/h2-14H,15-19H2,1H3,(H,27,30). The van der Waals surface area contributed by atoms with E-state index in [1.807, 2.05) is 42.2 Å². The van der Waals surface area contributed by atoms with Crippen LogP contribution >= 0.6 is 0 Å². The number of rotatable bonds is 5. The van der Waals surface area contributed by atoms with Gasteiger partial charge in [-0.3, -0.25) is 14.5 Å². The molecule has 1 N–H and O–H groups in total. The van der Waals surface area contributed by atoms with Gasteiger partial charge in [-0.25, -0.2) is 0 Å². The molecule has 4 rings (SSSR count). The highest BCUT2D eigenvalue weighted by Gasteiger charge is 2.24. The molecule has 2 amide bonds. The molecular formula is C26H27N3O2. The molecule has 0 spiro atoms. The number of para-hydroxylation sites is 1. The van der Waals surface area contributed by atoms with Crippen molar-refractivity contribution >= 4 is 17.5 Å². The molecule has 1 saturated heterocycles. The molecule has 3 aromatic rings. The summed E-state index contributed by atoms with van der Waals surface area (Å²) in [6.07, 6.45) is 0. The Labute approximate surface area is 183 Å². The molecule has 1 fully saturated rings. The Morgan fingerprint density at radius 1 is 0.806 bits per heavy atom. The first-order valence-electron chi connectivity index (χ1n) is 10.6. The second-order valence-electron chi connectivity index (χ2n) is 7.92. The van der Waals surface area contributed by atoms with Gasteiger partial charge in [-0.05, 0) is 36.8 Å². The van der Waals surface area contributed by atoms with E-state index >= 15 is 0 Å². The van der Waals surface area contributed by atoms with Crippen LogP contribution in [0.2, 0.25) is 0 Å². The number of hydrogen-bond acceptors (Lipinski definition) is 3. The summed E-state index contributed by atoms with van der Waals surface area (Å²) < 4.78 is 0. The van der Waals surface area contributed by atoms with Gasteiger partial charge < -0.3 is 10.2 Å². The Balaban J connectivity index is 1.40. The van der Waals surface area contributed by atoms with Gasteiger partial charge in [0.15, 0.2) is 0 Å². The fourth-order valence-corrected chi connectivity index (χ4v) is 3.80. The average Bonchev–Trinajstić information content (AvgIpc) is 2.80. The lowest BCUT2D eigenvalue weighted by Crippen LogP contribution is -2.48. The summed E-state index contributed by atoms with van der Waals surface area (Å²) in [7, 11) is 0. The smallest absolute Gasteiger partial charge is 0.256 e. The number of nitrogens with zero attached hydrogens (tertiary/aromatic N) is 2. The van der Waals surface area contributed by atoms with E-state index in [0.29, 0.717) is 29.9 Å². The van der Waals surface area contributed by atoms with Crippen molar-refractivity contribution in [1.82, 2.24) is 9.80 Å². The van der Waals surface area contributed by atoms with Crippen LogP contribution < -0.4 is 5.32 Å². The van der Waals surface area contributed by atoms with Gasteiger partial charge in [0.25, 0.3) is 11.8 Å². The molecule has 0 unspecified atom stereocenters. The Morgan fingerprint density at radius 3 is 2.16 bits per heavy atom. The molecule has 3 aromatic carbocycles. The average molecular weight is 414 g/mol. The van der Waals surface area contributed by atoms with Crippen molar-refractivity contribution in [2.24, 2.45) is 0 Å². The zero-order valence-electron chi connectivity index (χ0n) is 17.8. The maximum absolute atomic E-state index is 13.2. The van der Waals surface area contributed by atoms with Crippen LogP contribution in [0.15, 0.2) is 78.9 Å². The first kappa shape index (κ1) is 20.8. The Bertz CT molecular complexity index is 1040. The summed E-state index contributed by atoms with van der Waals surface area (Å²) in [4.78, 5) is 30.1. The molecule has 0 aromatic heterocycles. The van der Waals surface area contributed by atoms with Crippen molar-refractivity contribution in [2.45, 2.75) is 13.5 Å². The Kier molecular flexibility index (Phi) is 6.43. The molecule has 0 bridgehead atoms.